The fraction of sp³-hybridized carbons (Fsp3) is 0.227. The lowest BCUT2D eigenvalue weighted by molar-refractivity contribution is -0.660. The van der Waals surface area contributed by atoms with Gasteiger partial charge in [-0.2, -0.15) is 0 Å². The lowest BCUT2D eigenvalue weighted by atomic mass is 9.97. The largest absolute Gasteiger partial charge is 0.213 e. The van der Waals surface area contributed by atoms with Crippen LogP contribution in [0.2, 0.25) is 0 Å². The van der Waals surface area contributed by atoms with Gasteiger partial charge in [0.15, 0.2) is 6.20 Å². The summed E-state index contributed by atoms with van der Waals surface area (Å²) in [6.45, 7) is 6.57. The fourth-order valence-corrected chi connectivity index (χ4v) is 3.11. The number of aromatic nitrogens is 1. The number of hydrogen-bond acceptors (Lipinski definition) is 0. The average Bonchev–Trinajstić information content (AvgIpc) is 2.57. The number of benzene rings is 2. The highest BCUT2D eigenvalue weighted by molar-refractivity contribution is 5.70. The normalized spacial score (nSPS) is 10.8. The highest BCUT2D eigenvalue weighted by Gasteiger charge is 2.14. The van der Waals surface area contributed by atoms with Gasteiger partial charge in [-0.25, -0.2) is 4.57 Å². The van der Waals surface area contributed by atoms with Crippen molar-refractivity contribution in [2.45, 2.75) is 27.2 Å². The molecular weight excluding hydrogens is 278 g/mol. The van der Waals surface area contributed by atoms with Gasteiger partial charge in [-0.3, -0.25) is 0 Å². The Morgan fingerprint density at radius 3 is 2.30 bits per heavy atom. The van der Waals surface area contributed by atoms with Crippen molar-refractivity contribution in [2.24, 2.45) is 7.05 Å². The van der Waals surface area contributed by atoms with E-state index in [4.69, 9.17) is 0 Å². The Kier molecular flexibility index (Phi) is 4.29. The molecule has 0 amide bonds. The number of nitrogens with zero attached hydrogens (tertiary/aromatic N) is 1. The quantitative estimate of drug-likeness (QED) is 0.598. The van der Waals surface area contributed by atoms with Gasteiger partial charge < -0.3 is 0 Å². The van der Waals surface area contributed by atoms with Crippen LogP contribution in [-0.2, 0) is 13.5 Å². The molecule has 0 aliphatic rings. The Morgan fingerprint density at radius 1 is 0.826 bits per heavy atom. The Bertz CT molecular complexity index is 846. The van der Waals surface area contributed by atoms with E-state index in [1.54, 1.807) is 0 Å². The van der Waals surface area contributed by atoms with Crippen molar-refractivity contribution >= 4 is 0 Å². The summed E-state index contributed by atoms with van der Waals surface area (Å²) >= 11 is 0. The molecule has 23 heavy (non-hydrogen) atoms. The molecule has 1 aromatic heterocycles. The first kappa shape index (κ1) is 15.5. The summed E-state index contributed by atoms with van der Waals surface area (Å²) in [6, 6.07) is 19.8. The molecule has 2 aromatic carbocycles. The van der Waals surface area contributed by atoms with Crippen molar-refractivity contribution < 1.29 is 4.57 Å². The number of hydrogen-bond donors (Lipinski definition) is 0. The van der Waals surface area contributed by atoms with Gasteiger partial charge in [-0.1, -0.05) is 43.3 Å². The van der Waals surface area contributed by atoms with Crippen molar-refractivity contribution in [1.29, 1.82) is 0 Å². The van der Waals surface area contributed by atoms with Gasteiger partial charge in [0.1, 0.15) is 7.05 Å². The average molecular weight is 302 g/mol. The molecule has 1 heteroatoms. The fourth-order valence-electron chi connectivity index (χ4n) is 3.11. The molecule has 0 aliphatic carbocycles. The van der Waals surface area contributed by atoms with Crippen molar-refractivity contribution in [2.75, 3.05) is 0 Å². The van der Waals surface area contributed by atoms with Crippen LogP contribution in [0.3, 0.4) is 0 Å². The molecule has 0 bridgehead atoms. The number of aryl methyl sites for hydroxylation is 4. The summed E-state index contributed by atoms with van der Waals surface area (Å²) in [5.41, 5.74) is 9.21. The zero-order valence-corrected chi connectivity index (χ0v) is 14.4. The van der Waals surface area contributed by atoms with E-state index in [-0.39, 0.29) is 0 Å². The van der Waals surface area contributed by atoms with Gasteiger partial charge in [0.05, 0.1) is 0 Å². The van der Waals surface area contributed by atoms with Crippen molar-refractivity contribution in [3.63, 3.8) is 0 Å². The van der Waals surface area contributed by atoms with E-state index in [2.05, 4.69) is 93.2 Å². The van der Waals surface area contributed by atoms with E-state index in [0.717, 1.165) is 6.42 Å². The van der Waals surface area contributed by atoms with Crippen LogP contribution < -0.4 is 4.57 Å². The maximum absolute atomic E-state index is 2.33. The van der Waals surface area contributed by atoms with Crippen molar-refractivity contribution in [3.8, 4) is 22.4 Å². The number of rotatable bonds is 3. The van der Waals surface area contributed by atoms with Crippen LogP contribution in [0, 0.1) is 13.8 Å². The van der Waals surface area contributed by atoms with Crippen LogP contribution in [0.1, 0.15) is 23.6 Å². The summed E-state index contributed by atoms with van der Waals surface area (Å²) in [7, 11) is 2.11. The van der Waals surface area contributed by atoms with Gasteiger partial charge in [0.2, 0.25) is 5.69 Å². The Morgan fingerprint density at radius 2 is 1.57 bits per heavy atom. The summed E-state index contributed by atoms with van der Waals surface area (Å²) in [6.07, 6.45) is 3.23. The molecule has 116 valence electrons. The second kappa shape index (κ2) is 6.37. The predicted molar refractivity (Wildman–Crippen MR) is 97.3 cm³/mol. The van der Waals surface area contributed by atoms with Gasteiger partial charge in [-0.05, 0) is 54.2 Å². The third kappa shape index (κ3) is 3.05. The Balaban J connectivity index is 2.13. The molecule has 0 N–H and O–H groups in total. The third-order valence-corrected chi connectivity index (χ3v) is 4.63. The standard InChI is InChI=1S/C22H24N/c1-5-18-14-19(11-10-16(18)2)20-12-13-23(4)22(15-20)21-9-7-6-8-17(21)3/h6-15H,5H2,1-4H3/q+1. The van der Waals surface area contributed by atoms with E-state index in [1.807, 2.05) is 0 Å². The van der Waals surface area contributed by atoms with Crippen molar-refractivity contribution in [3.05, 3.63) is 77.5 Å². The monoisotopic (exact) mass is 302 g/mol. The zero-order valence-electron chi connectivity index (χ0n) is 14.4. The van der Waals surface area contributed by atoms with E-state index in [1.165, 1.54) is 39.1 Å². The SMILES string of the molecule is CCc1cc(-c2cc[n+](C)c(-c3ccccc3C)c2)ccc1C. The third-order valence-electron chi connectivity index (χ3n) is 4.63. The first-order valence-electron chi connectivity index (χ1n) is 8.25. The number of pyridine rings is 1. The van der Waals surface area contributed by atoms with E-state index in [9.17, 15) is 0 Å². The molecule has 1 nitrogen and oxygen atoms in total. The molecule has 0 saturated heterocycles. The molecule has 0 spiro atoms. The van der Waals surface area contributed by atoms with Crippen LogP contribution in [-0.4, -0.2) is 0 Å². The molecule has 0 fully saturated rings. The maximum atomic E-state index is 2.33. The van der Waals surface area contributed by atoms with E-state index >= 15 is 0 Å². The first-order chi connectivity index (χ1) is 11.1. The topological polar surface area (TPSA) is 3.88 Å². The van der Waals surface area contributed by atoms with Gasteiger partial charge in [-0.15, -0.1) is 0 Å². The van der Waals surface area contributed by atoms with Crippen molar-refractivity contribution in [1.82, 2.24) is 0 Å². The molecule has 3 rings (SSSR count). The Hall–Kier alpha value is -2.41. The van der Waals surface area contributed by atoms with Crippen LogP contribution in [0.5, 0.6) is 0 Å². The van der Waals surface area contributed by atoms with Gasteiger partial charge in [0.25, 0.3) is 0 Å². The first-order valence-corrected chi connectivity index (χ1v) is 8.25. The highest BCUT2D eigenvalue weighted by atomic mass is 14.9. The van der Waals surface area contributed by atoms with Gasteiger partial charge in [0, 0.05) is 17.7 Å². The van der Waals surface area contributed by atoms with Crippen LogP contribution in [0.4, 0.5) is 0 Å². The minimum atomic E-state index is 1.07. The van der Waals surface area contributed by atoms with E-state index in [0.29, 0.717) is 0 Å². The molecule has 3 aromatic rings. The Labute approximate surface area is 139 Å². The minimum Gasteiger partial charge on any atom is -0.201 e. The molecule has 1 heterocycles. The summed E-state index contributed by atoms with van der Waals surface area (Å²) in [5.74, 6) is 0. The lowest BCUT2D eigenvalue weighted by Gasteiger charge is -2.09. The lowest BCUT2D eigenvalue weighted by Crippen LogP contribution is -2.30. The molecular formula is C22H24N+. The maximum Gasteiger partial charge on any atom is 0.213 e. The minimum absolute atomic E-state index is 1.07. The molecule has 0 radical (unpaired) electrons. The summed E-state index contributed by atoms with van der Waals surface area (Å²) < 4.78 is 2.20. The smallest absolute Gasteiger partial charge is 0.201 e. The van der Waals surface area contributed by atoms with Crippen LogP contribution in [0.15, 0.2) is 60.8 Å². The molecule has 0 saturated carbocycles. The summed E-state index contributed by atoms with van der Waals surface area (Å²) in [5, 5.41) is 0. The zero-order chi connectivity index (χ0) is 16.4. The summed E-state index contributed by atoms with van der Waals surface area (Å²) in [4.78, 5) is 0. The van der Waals surface area contributed by atoms with E-state index < -0.39 is 0 Å². The molecule has 0 atom stereocenters. The van der Waals surface area contributed by atoms with Crippen LogP contribution in [0.25, 0.3) is 22.4 Å². The molecule has 0 unspecified atom stereocenters. The second-order valence-electron chi connectivity index (χ2n) is 6.22. The highest BCUT2D eigenvalue weighted by Crippen LogP contribution is 2.27. The predicted octanol–water partition coefficient (Wildman–Crippen LogP) is 5.02. The molecule has 0 aliphatic heterocycles. The van der Waals surface area contributed by atoms with Gasteiger partial charge >= 0.3 is 0 Å². The second-order valence-corrected chi connectivity index (χ2v) is 6.22. The van der Waals surface area contributed by atoms with Crippen LogP contribution >= 0.6 is 0 Å².